The quantitative estimate of drug-likeness (QED) is 0.712. The molecule has 1 heterocycles. The lowest BCUT2D eigenvalue weighted by Crippen LogP contribution is -2.32. The highest BCUT2D eigenvalue weighted by Gasteiger charge is 2.15. The largest absolute Gasteiger partial charge is 0.345 e. The molecule has 0 spiro atoms. The molecule has 0 aromatic carbocycles. The van der Waals surface area contributed by atoms with E-state index >= 15 is 0 Å². The summed E-state index contributed by atoms with van der Waals surface area (Å²) >= 11 is 4.03. The summed E-state index contributed by atoms with van der Waals surface area (Å²) in [6, 6.07) is -0.182. The fraction of sp³-hybridized carbons (Fsp3) is 0.625. The molecule has 0 fully saturated rings. The molecule has 1 aromatic heterocycles. The topological polar surface area (TPSA) is 59.8 Å². The first kappa shape index (κ1) is 11.0. The molecule has 0 radical (unpaired) electrons. The zero-order valence-corrected chi connectivity index (χ0v) is 9.32. The number of hydrogen-bond donors (Lipinski definition) is 2. The molecule has 14 heavy (non-hydrogen) atoms. The van der Waals surface area contributed by atoms with E-state index in [0.29, 0.717) is 5.82 Å². The number of nitrogens with zero attached hydrogens (tertiary/aromatic N) is 3. The molecule has 0 bridgehead atoms. The van der Waals surface area contributed by atoms with Crippen molar-refractivity contribution < 1.29 is 4.79 Å². The van der Waals surface area contributed by atoms with Crippen LogP contribution in [0.3, 0.4) is 0 Å². The Morgan fingerprint density at radius 1 is 1.64 bits per heavy atom. The SMILES string of the molecule is CC(S)C(=O)NC(C)c1ncn(C)n1. The van der Waals surface area contributed by atoms with Gasteiger partial charge in [0.1, 0.15) is 6.33 Å². The third-order valence-corrected chi connectivity index (χ3v) is 1.98. The molecule has 1 N–H and O–H groups in total. The highest BCUT2D eigenvalue weighted by Crippen LogP contribution is 2.06. The standard InChI is InChI=1S/C8H14N4OS/c1-5(10-8(13)6(2)14)7-9-4-12(3)11-7/h4-6,14H,1-3H3,(H,10,13). The predicted molar refractivity (Wildman–Crippen MR) is 56.0 cm³/mol. The Morgan fingerprint density at radius 2 is 2.29 bits per heavy atom. The van der Waals surface area contributed by atoms with Crippen molar-refractivity contribution in [2.24, 2.45) is 7.05 Å². The molecule has 5 nitrogen and oxygen atoms in total. The maximum atomic E-state index is 11.3. The van der Waals surface area contributed by atoms with Crippen LogP contribution >= 0.6 is 12.6 Å². The van der Waals surface area contributed by atoms with Crippen molar-refractivity contribution in [2.75, 3.05) is 0 Å². The van der Waals surface area contributed by atoms with E-state index < -0.39 is 0 Å². The number of carbonyl (C=O) groups excluding carboxylic acids is 1. The number of thiol groups is 1. The number of aromatic nitrogens is 3. The van der Waals surface area contributed by atoms with Gasteiger partial charge in [-0.1, -0.05) is 0 Å². The Balaban J connectivity index is 2.59. The third-order valence-electron chi connectivity index (χ3n) is 1.74. The van der Waals surface area contributed by atoms with Gasteiger partial charge in [-0.3, -0.25) is 9.48 Å². The number of amides is 1. The van der Waals surface area contributed by atoms with Gasteiger partial charge in [0.15, 0.2) is 5.82 Å². The van der Waals surface area contributed by atoms with Gasteiger partial charge in [0.05, 0.1) is 11.3 Å². The Morgan fingerprint density at radius 3 is 2.71 bits per heavy atom. The van der Waals surface area contributed by atoms with Crippen molar-refractivity contribution >= 4 is 18.5 Å². The average molecular weight is 214 g/mol. The van der Waals surface area contributed by atoms with Gasteiger partial charge in [-0.25, -0.2) is 4.98 Å². The van der Waals surface area contributed by atoms with Crippen LogP contribution in [0.5, 0.6) is 0 Å². The van der Waals surface area contributed by atoms with Crippen LogP contribution in [-0.2, 0) is 11.8 Å². The van der Waals surface area contributed by atoms with Gasteiger partial charge in [0.2, 0.25) is 5.91 Å². The molecule has 0 saturated carbocycles. The lowest BCUT2D eigenvalue weighted by atomic mass is 10.3. The summed E-state index contributed by atoms with van der Waals surface area (Å²) in [5.74, 6) is 0.489. The molecule has 2 atom stereocenters. The summed E-state index contributed by atoms with van der Waals surface area (Å²) in [5, 5.41) is 6.53. The third kappa shape index (κ3) is 2.73. The van der Waals surface area contributed by atoms with Crippen LogP contribution < -0.4 is 5.32 Å². The van der Waals surface area contributed by atoms with Crippen LogP contribution in [-0.4, -0.2) is 25.9 Å². The molecule has 78 valence electrons. The van der Waals surface area contributed by atoms with Crippen molar-refractivity contribution in [1.29, 1.82) is 0 Å². The Hall–Kier alpha value is -1.04. The van der Waals surface area contributed by atoms with Crippen LogP contribution in [0.2, 0.25) is 0 Å². The van der Waals surface area contributed by atoms with Gasteiger partial charge >= 0.3 is 0 Å². The van der Waals surface area contributed by atoms with E-state index in [0.717, 1.165) is 0 Å². The zero-order chi connectivity index (χ0) is 10.7. The Labute approximate surface area is 88.3 Å². The lowest BCUT2D eigenvalue weighted by molar-refractivity contribution is -0.120. The van der Waals surface area contributed by atoms with Crippen molar-refractivity contribution in [3.63, 3.8) is 0 Å². The second-order valence-corrected chi connectivity index (χ2v) is 3.96. The number of aryl methyl sites for hydroxylation is 1. The van der Waals surface area contributed by atoms with E-state index in [-0.39, 0.29) is 17.2 Å². The summed E-state index contributed by atoms with van der Waals surface area (Å²) in [4.78, 5) is 15.3. The van der Waals surface area contributed by atoms with Crippen molar-refractivity contribution in [3.8, 4) is 0 Å². The average Bonchev–Trinajstić information content (AvgIpc) is 2.51. The van der Waals surface area contributed by atoms with Crippen molar-refractivity contribution in [3.05, 3.63) is 12.2 Å². The number of carbonyl (C=O) groups is 1. The molecule has 0 aliphatic heterocycles. The first-order valence-electron chi connectivity index (χ1n) is 4.34. The van der Waals surface area contributed by atoms with Gasteiger partial charge in [0.25, 0.3) is 0 Å². The highest BCUT2D eigenvalue weighted by molar-refractivity contribution is 7.81. The monoisotopic (exact) mass is 214 g/mol. The molecule has 1 aromatic rings. The molecule has 1 amide bonds. The van der Waals surface area contributed by atoms with Crippen LogP contribution in [0.1, 0.15) is 25.7 Å². The molecule has 2 unspecified atom stereocenters. The Bertz CT molecular complexity index is 323. The van der Waals surface area contributed by atoms with Crippen LogP contribution in [0, 0.1) is 0 Å². The number of rotatable bonds is 3. The lowest BCUT2D eigenvalue weighted by Gasteiger charge is -2.11. The summed E-state index contributed by atoms with van der Waals surface area (Å²) in [6.07, 6.45) is 1.60. The summed E-state index contributed by atoms with van der Waals surface area (Å²) in [7, 11) is 1.78. The van der Waals surface area contributed by atoms with Crippen molar-refractivity contribution in [1.82, 2.24) is 20.1 Å². The predicted octanol–water partition coefficient (Wildman–Crippen LogP) is 0.311. The van der Waals surface area contributed by atoms with Gasteiger partial charge in [0, 0.05) is 7.05 Å². The van der Waals surface area contributed by atoms with Gasteiger partial charge < -0.3 is 5.32 Å². The minimum atomic E-state index is -0.318. The molecular formula is C8H14N4OS. The second-order valence-electron chi connectivity index (χ2n) is 3.18. The van der Waals surface area contributed by atoms with E-state index in [2.05, 4.69) is 28.0 Å². The molecule has 0 aliphatic rings. The van der Waals surface area contributed by atoms with Crippen LogP contribution in [0.25, 0.3) is 0 Å². The Kier molecular flexibility index (Phi) is 3.51. The second kappa shape index (κ2) is 4.45. The minimum absolute atomic E-state index is 0.117. The fourth-order valence-electron chi connectivity index (χ4n) is 0.953. The summed E-state index contributed by atoms with van der Waals surface area (Å²) < 4.78 is 1.60. The van der Waals surface area contributed by atoms with Gasteiger partial charge in [-0.2, -0.15) is 17.7 Å². The number of nitrogens with one attached hydrogen (secondary N) is 1. The van der Waals surface area contributed by atoms with E-state index in [9.17, 15) is 4.79 Å². The summed E-state index contributed by atoms with van der Waals surface area (Å²) in [5.41, 5.74) is 0. The molecular weight excluding hydrogens is 200 g/mol. The minimum Gasteiger partial charge on any atom is -0.345 e. The van der Waals surface area contributed by atoms with E-state index in [1.54, 1.807) is 25.0 Å². The summed E-state index contributed by atoms with van der Waals surface area (Å²) in [6.45, 7) is 3.56. The van der Waals surface area contributed by atoms with E-state index in [1.807, 2.05) is 6.92 Å². The van der Waals surface area contributed by atoms with Crippen LogP contribution in [0.15, 0.2) is 6.33 Å². The zero-order valence-electron chi connectivity index (χ0n) is 8.43. The maximum Gasteiger partial charge on any atom is 0.233 e. The first-order valence-corrected chi connectivity index (χ1v) is 4.86. The molecule has 1 rings (SSSR count). The van der Waals surface area contributed by atoms with Crippen LogP contribution in [0.4, 0.5) is 0 Å². The smallest absolute Gasteiger partial charge is 0.233 e. The molecule has 6 heteroatoms. The molecule has 0 saturated heterocycles. The molecule has 0 aliphatic carbocycles. The highest BCUT2D eigenvalue weighted by atomic mass is 32.1. The van der Waals surface area contributed by atoms with Crippen molar-refractivity contribution in [2.45, 2.75) is 25.1 Å². The van der Waals surface area contributed by atoms with Gasteiger partial charge in [-0.15, -0.1) is 0 Å². The number of hydrogen-bond acceptors (Lipinski definition) is 4. The van der Waals surface area contributed by atoms with Gasteiger partial charge in [-0.05, 0) is 13.8 Å². The van der Waals surface area contributed by atoms with E-state index in [1.165, 1.54) is 0 Å². The fourth-order valence-corrected chi connectivity index (χ4v) is 1.03. The van der Waals surface area contributed by atoms with E-state index in [4.69, 9.17) is 0 Å². The first-order chi connectivity index (χ1) is 6.50. The normalized spacial score (nSPS) is 14.9. The maximum absolute atomic E-state index is 11.3.